The maximum atomic E-state index is 12.5. The summed E-state index contributed by atoms with van der Waals surface area (Å²) < 4.78 is 26.1. The number of nitrogen functional groups attached to an aromatic ring is 1. The fourth-order valence-electron chi connectivity index (χ4n) is 1.69. The summed E-state index contributed by atoms with van der Waals surface area (Å²) >= 11 is 1.52. The number of nitro groups is 1. The van der Waals surface area contributed by atoms with Gasteiger partial charge in [-0.3, -0.25) is 16.0 Å². The third-order valence-corrected chi connectivity index (χ3v) is 5.81. The first-order valence-electron chi connectivity index (χ1n) is 5.97. The summed E-state index contributed by atoms with van der Waals surface area (Å²) in [5.41, 5.74) is 1.84. The lowest BCUT2D eigenvalue weighted by molar-refractivity contribution is -0.384. The van der Waals surface area contributed by atoms with Crippen LogP contribution < -0.4 is 11.3 Å². The molecule has 1 aromatic carbocycles. The normalized spacial score (nSPS) is 13.2. The van der Waals surface area contributed by atoms with E-state index < -0.39 is 14.9 Å². The molecule has 0 aliphatic heterocycles. The second kappa shape index (κ2) is 7.07. The van der Waals surface area contributed by atoms with Gasteiger partial charge in [-0.2, -0.15) is 16.1 Å². The first kappa shape index (κ1) is 17.7. The van der Waals surface area contributed by atoms with Crippen LogP contribution in [0.25, 0.3) is 0 Å². The lowest BCUT2D eigenvalue weighted by atomic mass is 10.3. The summed E-state index contributed by atoms with van der Waals surface area (Å²) in [5.74, 6) is 5.80. The van der Waals surface area contributed by atoms with Crippen LogP contribution in [-0.4, -0.2) is 42.7 Å². The van der Waals surface area contributed by atoms with Crippen LogP contribution in [0.1, 0.15) is 6.92 Å². The van der Waals surface area contributed by atoms with Crippen molar-refractivity contribution in [1.82, 2.24) is 4.31 Å². The largest absolute Gasteiger partial charge is 0.318 e. The van der Waals surface area contributed by atoms with E-state index in [2.05, 4.69) is 5.43 Å². The molecule has 0 saturated carbocycles. The molecule has 0 spiro atoms. The van der Waals surface area contributed by atoms with E-state index in [1.165, 1.54) is 35.2 Å². The van der Waals surface area contributed by atoms with Crippen molar-refractivity contribution in [2.75, 3.05) is 24.5 Å². The van der Waals surface area contributed by atoms with Crippen molar-refractivity contribution in [3.8, 4) is 0 Å². The van der Waals surface area contributed by atoms with Gasteiger partial charge in [0, 0.05) is 24.9 Å². The minimum Gasteiger partial charge on any atom is -0.318 e. The Kier molecular flexibility index (Phi) is 5.96. The molecule has 8 nitrogen and oxygen atoms in total. The number of hydrogen-bond acceptors (Lipinski definition) is 7. The average Bonchev–Trinajstić information content (AvgIpc) is 2.45. The predicted molar refractivity (Wildman–Crippen MR) is 83.7 cm³/mol. The van der Waals surface area contributed by atoms with E-state index in [9.17, 15) is 18.5 Å². The van der Waals surface area contributed by atoms with E-state index in [1.807, 2.05) is 6.26 Å². The number of nitrogens with one attached hydrogen (secondary N) is 1. The summed E-state index contributed by atoms with van der Waals surface area (Å²) in [6, 6.07) is 3.35. The lowest BCUT2D eigenvalue weighted by Crippen LogP contribution is -2.36. The Labute approximate surface area is 127 Å². The van der Waals surface area contributed by atoms with Crippen molar-refractivity contribution < 1.29 is 13.3 Å². The van der Waals surface area contributed by atoms with E-state index in [4.69, 9.17) is 5.84 Å². The maximum Gasteiger partial charge on any atom is 0.294 e. The molecule has 118 valence electrons. The van der Waals surface area contributed by atoms with Crippen molar-refractivity contribution in [1.29, 1.82) is 0 Å². The Morgan fingerprint density at radius 2 is 2.14 bits per heavy atom. The lowest BCUT2D eigenvalue weighted by Gasteiger charge is -2.23. The Bertz CT molecular complexity index is 621. The highest BCUT2D eigenvalue weighted by atomic mass is 32.2. The zero-order valence-electron chi connectivity index (χ0n) is 11.9. The van der Waals surface area contributed by atoms with E-state index >= 15 is 0 Å². The fourth-order valence-corrected chi connectivity index (χ4v) is 3.88. The molecule has 3 N–H and O–H groups in total. The Balaban J connectivity index is 3.26. The minimum absolute atomic E-state index is 0.0544. The summed E-state index contributed by atoms with van der Waals surface area (Å²) in [6.45, 7) is 1.78. The van der Waals surface area contributed by atoms with Crippen LogP contribution >= 0.6 is 11.8 Å². The van der Waals surface area contributed by atoms with Crippen LogP contribution in [0.2, 0.25) is 0 Å². The molecule has 0 saturated heterocycles. The topological polar surface area (TPSA) is 119 Å². The van der Waals surface area contributed by atoms with Gasteiger partial charge >= 0.3 is 0 Å². The molecular formula is C11H18N4O4S2. The van der Waals surface area contributed by atoms with E-state index in [1.54, 1.807) is 6.92 Å². The summed E-state index contributed by atoms with van der Waals surface area (Å²) in [7, 11) is -2.34. The third-order valence-electron chi connectivity index (χ3n) is 3.03. The van der Waals surface area contributed by atoms with Gasteiger partial charge in [-0.1, -0.05) is 0 Å². The van der Waals surface area contributed by atoms with Crippen LogP contribution in [-0.2, 0) is 10.0 Å². The summed E-state index contributed by atoms with van der Waals surface area (Å²) in [6.07, 6.45) is 1.88. The second-order valence-electron chi connectivity index (χ2n) is 4.41. The summed E-state index contributed by atoms with van der Waals surface area (Å²) in [4.78, 5) is 10.1. The molecule has 1 unspecified atom stereocenters. The molecule has 0 bridgehead atoms. The SMILES string of the molecule is CSCC(C)N(C)S(=O)(=O)c1ccc(NN)c([N+](=O)[O-])c1. The van der Waals surface area contributed by atoms with Gasteiger partial charge in [0.15, 0.2) is 0 Å². The monoisotopic (exact) mass is 334 g/mol. The highest BCUT2D eigenvalue weighted by Gasteiger charge is 2.27. The molecule has 10 heteroatoms. The number of hydrazine groups is 1. The molecule has 1 rings (SSSR count). The quantitative estimate of drug-likeness (QED) is 0.437. The van der Waals surface area contributed by atoms with Gasteiger partial charge in [-0.25, -0.2) is 8.42 Å². The van der Waals surface area contributed by atoms with Gasteiger partial charge in [-0.15, -0.1) is 0 Å². The molecule has 0 aliphatic carbocycles. The smallest absolute Gasteiger partial charge is 0.294 e. The van der Waals surface area contributed by atoms with E-state index in [0.29, 0.717) is 5.75 Å². The van der Waals surface area contributed by atoms with Crippen LogP contribution in [0, 0.1) is 10.1 Å². The number of nitrogens with two attached hydrogens (primary N) is 1. The van der Waals surface area contributed by atoms with Crippen LogP contribution in [0.3, 0.4) is 0 Å². The predicted octanol–water partition coefficient (Wildman–Crippen LogP) is 1.25. The Morgan fingerprint density at radius 3 is 2.62 bits per heavy atom. The number of hydrogen-bond donors (Lipinski definition) is 2. The number of benzene rings is 1. The Hall–Kier alpha value is -1.36. The molecule has 0 amide bonds. The number of anilines is 1. The number of nitrogens with zero attached hydrogens (tertiary/aromatic N) is 2. The van der Waals surface area contributed by atoms with E-state index in [-0.39, 0.29) is 22.3 Å². The van der Waals surface area contributed by atoms with Gasteiger partial charge in [0.1, 0.15) is 5.69 Å². The summed E-state index contributed by atoms with van der Waals surface area (Å²) in [5, 5.41) is 11.0. The maximum absolute atomic E-state index is 12.5. The Morgan fingerprint density at radius 1 is 1.52 bits per heavy atom. The zero-order valence-corrected chi connectivity index (χ0v) is 13.6. The number of thioether (sulfide) groups is 1. The van der Waals surface area contributed by atoms with Gasteiger partial charge < -0.3 is 5.43 Å². The highest BCUT2D eigenvalue weighted by Crippen LogP contribution is 2.28. The molecule has 1 atom stereocenters. The van der Waals surface area contributed by atoms with Gasteiger partial charge in [0.05, 0.1) is 9.82 Å². The number of sulfonamides is 1. The van der Waals surface area contributed by atoms with Gasteiger partial charge in [0.2, 0.25) is 10.0 Å². The van der Waals surface area contributed by atoms with Gasteiger partial charge in [0.25, 0.3) is 5.69 Å². The van der Waals surface area contributed by atoms with Crippen molar-refractivity contribution >= 4 is 33.2 Å². The third kappa shape index (κ3) is 3.84. The molecule has 0 aliphatic rings. The molecule has 21 heavy (non-hydrogen) atoms. The first-order chi connectivity index (χ1) is 9.75. The minimum atomic E-state index is -3.79. The molecular weight excluding hydrogens is 316 g/mol. The average molecular weight is 334 g/mol. The van der Waals surface area contributed by atoms with Gasteiger partial charge in [-0.05, 0) is 25.3 Å². The van der Waals surface area contributed by atoms with Crippen molar-refractivity contribution in [3.05, 3.63) is 28.3 Å². The van der Waals surface area contributed by atoms with Crippen molar-refractivity contribution in [2.45, 2.75) is 17.9 Å². The molecule has 0 aromatic heterocycles. The van der Waals surface area contributed by atoms with Crippen molar-refractivity contribution in [2.24, 2.45) is 5.84 Å². The first-order valence-corrected chi connectivity index (χ1v) is 8.81. The number of nitro benzene ring substituents is 1. The second-order valence-corrected chi connectivity index (χ2v) is 7.31. The standard InChI is InChI=1S/C11H18N4O4S2/c1-8(7-20-3)14(2)21(18,19)9-4-5-10(13-12)11(6-9)15(16)17/h4-6,8,13H,7,12H2,1-3H3. The highest BCUT2D eigenvalue weighted by molar-refractivity contribution is 7.98. The van der Waals surface area contributed by atoms with Crippen LogP contribution in [0.15, 0.2) is 23.1 Å². The van der Waals surface area contributed by atoms with Crippen LogP contribution in [0.5, 0.6) is 0 Å². The molecule has 0 heterocycles. The molecule has 1 aromatic rings. The van der Waals surface area contributed by atoms with E-state index in [0.717, 1.165) is 6.07 Å². The number of rotatable bonds is 7. The zero-order chi connectivity index (χ0) is 16.2. The molecule has 0 fully saturated rings. The molecule has 0 radical (unpaired) electrons. The fraction of sp³-hybridized carbons (Fsp3) is 0.455. The van der Waals surface area contributed by atoms with Crippen LogP contribution in [0.4, 0.5) is 11.4 Å². The van der Waals surface area contributed by atoms with Crippen molar-refractivity contribution in [3.63, 3.8) is 0 Å².